The Morgan fingerprint density at radius 3 is 2.67 bits per heavy atom. The average Bonchev–Trinajstić information content (AvgIpc) is 2.41. The van der Waals surface area contributed by atoms with Crippen LogP contribution in [-0.4, -0.2) is 42.3 Å². The molecule has 1 atom stereocenters. The van der Waals surface area contributed by atoms with E-state index in [1.165, 1.54) is 7.11 Å². The van der Waals surface area contributed by atoms with Crippen molar-refractivity contribution >= 4 is 11.6 Å². The summed E-state index contributed by atoms with van der Waals surface area (Å²) in [5.41, 5.74) is -1.70. The minimum Gasteiger partial charge on any atom is -0.396 e. The van der Waals surface area contributed by atoms with Crippen LogP contribution in [0.3, 0.4) is 0 Å². The third kappa shape index (κ3) is 4.43. The molecular weight excluding hydrogens is 290 g/mol. The number of rotatable bonds is 7. The number of halogens is 2. The average molecular weight is 304 g/mol. The predicted molar refractivity (Wildman–Crippen MR) is 67.8 cm³/mol. The first-order chi connectivity index (χ1) is 9.90. The Morgan fingerprint density at radius 2 is 2.14 bits per heavy atom. The summed E-state index contributed by atoms with van der Waals surface area (Å²) in [5.74, 6) is -3.46. The second-order valence-corrected chi connectivity index (χ2v) is 4.18. The molecule has 21 heavy (non-hydrogen) atoms. The Kier molecular flexibility index (Phi) is 6.12. The monoisotopic (exact) mass is 304 g/mol. The van der Waals surface area contributed by atoms with Gasteiger partial charge in [0.1, 0.15) is 5.82 Å². The van der Waals surface area contributed by atoms with Gasteiger partial charge in [-0.15, -0.1) is 0 Å². The van der Waals surface area contributed by atoms with Gasteiger partial charge in [0.15, 0.2) is 0 Å². The van der Waals surface area contributed by atoms with Crippen molar-refractivity contribution in [3.63, 3.8) is 0 Å². The Morgan fingerprint density at radius 1 is 1.48 bits per heavy atom. The van der Waals surface area contributed by atoms with Crippen LogP contribution < -0.4 is 5.32 Å². The van der Waals surface area contributed by atoms with Gasteiger partial charge in [-0.05, 0) is 12.5 Å². The molecule has 1 aromatic carbocycles. The van der Waals surface area contributed by atoms with Crippen LogP contribution in [0.15, 0.2) is 12.1 Å². The van der Waals surface area contributed by atoms with Crippen molar-refractivity contribution in [2.45, 2.75) is 12.5 Å². The van der Waals surface area contributed by atoms with Crippen LogP contribution in [0.2, 0.25) is 0 Å². The van der Waals surface area contributed by atoms with Crippen molar-refractivity contribution in [1.29, 1.82) is 0 Å². The number of benzene rings is 1. The summed E-state index contributed by atoms with van der Waals surface area (Å²) >= 11 is 0. The van der Waals surface area contributed by atoms with E-state index in [2.05, 4.69) is 5.32 Å². The van der Waals surface area contributed by atoms with E-state index >= 15 is 0 Å². The molecule has 7 nitrogen and oxygen atoms in total. The van der Waals surface area contributed by atoms with Crippen molar-refractivity contribution in [3.05, 3.63) is 39.4 Å². The maximum atomic E-state index is 13.7. The number of hydrogen-bond acceptors (Lipinski definition) is 5. The van der Waals surface area contributed by atoms with Gasteiger partial charge in [-0.2, -0.15) is 4.39 Å². The fourth-order valence-electron chi connectivity index (χ4n) is 1.67. The Hall–Kier alpha value is -2.13. The Balaban J connectivity index is 2.96. The summed E-state index contributed by atoms with van der Waals surface area (Å²) in [5, 5.41) is 21.6. The van der Waals surface area contributed by atoms with Crippen molar-refractivity contribution in [3.8, 4) is 0 Å². The summed E-state index contributed by atoms with van der Waals surface area (Å²) < 4.78 is 31.9. The van der Waals surface area contributed by atoms with E-state index in [1.54, 1.807) is 0 Å². The van der Waals surface area contributed by atoms with E-state index in [4.69, 9.17) is 9.84 Å². The smallest absolute Gasteiger partial charge is 0.307 e. The lowest BCUT2D eigenvalue weighted by Crippen LogP contribution is -2.39. The molecule has 0 radical (unpaired) electrons. The topological polar surface area (TPSA) is 102 Å². The molecule has 0 spiro atoms. The van der Waals surface area contributed by atoms with Crippen molar-refractivity contribution in [1.82, 2.24) is 5.32 Å². The minimum absolute atomic E-state index is 0.0728. The highest BCUT2D eigenvalue weighted by molar-refractivity contribution is 5.95. The summed E-state index contributed by atoms with van der Waals surface area (Å²) in [4.78, 5) is 21.2. The molecule has 1 rings (SSSR count). The zero-order valence-electron chi connectivity index (χ0n) is 11.1. The third-order valence-corrected chi connectivity index (χ3v) is 2.66. The third-order valence-electron chi connectivity index (χ3n) is 2.66. The normalized spacial score (nSPS) is 12.0. The summed E-state index contributed by atoms with van der Waals surface area (Å²) in [6.07, 6.45) is 0.163. The van der Waals surface area contributed by atoms with Crippen LogP contribution in [0.5, 0.6) is 0 Å². The first-order valence-electron chi connectivity index (χ1n) is 5.94. The van der Waals surface area contributed by atoms with Crippen molar-refractivity contribution in [2.24, 2.45) is 0 Å². The van der Waals surface area contributed by atoms with Gasteiger partial charge in [-0.25, -0.2) is 4.39 Å². The van der Waals surface area contributed by atoms with E-state index in [1.807, 2.05) is 0 Å². The van der Waals surface area contributed by atoms with Gasteiger partial charge >= 0.3 is 5.69 Å². The number of nitrogens with zero attached hydrogens (tertiary/aromatic N) is 1. The van der Waals surface area contributed by atoms with Crippen LogP contribution >= 0.6 is 0 Å². The standard InChI is InChI=1S/C12H14F2N2O5/c1-21-6-7(2-3-17)15-12(18)8-4-10(14)11(16(19)20)5-9(8)13/h4-5,7,17H,2-3,6H2,1H3,(H,15,18). The second kappa shape index (κ2) is 7.60. The highest BCUT2D eigenvalue weighted by Gasteiger charge is 2.23. The number of aliphatic hydroxyl groups excluding tert-OH is 1. The number of nitrogens with one attached hydrogen (secondary N) is 1. The molecule has 1 amide bonds. The lowest BCUT2D eigenvalue weighted by atomic mass is 10.1. The van der Waals surface area contributed by atoms with Crippen molar-refractivity contribution in [2.75, 3.05) is 20.3 Å². The molecule has 0 aliphatic heterocycles. The summed E-state index contributed by atoms with van der Waals surface area (Å²) in [6.45, 7) is -0.158. The van der Waals surface area contributed by atoms with Crippen LogP contribution in [0.1, 0.15) is 16.8 Å². The highest BCUT2D eigenvalue weighted by atomic mass is 19.1. The number of methoxy groups -OCH3 is 1. The molecule has 0 aliphatic carbocycles. The summed E-state index contributed by atoms with van der Waals surface area (Å²) in [7, 11) is 1.38. The molecule has 1 aromatic rings. The Labute approximate surface area is 118 Å². The molecule has 1 unspecified atom stereocenters. The number of ether oxygens (including phenoxy) is 1. The second-order valence-electron chi connectivity index (χ2n) is 4.18. The zero-order chi connectivity index (χ0) is 16.0. The van der Waals surface area contributed by atoms with E-state index in [9.17, 15) is 23.7 Å². The maximum absolute atomic E-state index is 13.7. The lowest BCUT2D eigenvalue weighted by molar-refractivity contribution is -0.387. The minimum atomic E-state index is -1.31. The Bertz CT molecular complexity index is 533. The molecule has 0 fully saturated rings. The van der Waals surface area contributed by atoms with Gasteiger partial charge in [0.05, 0.1) is 29.2 Å². The lowest BCUT2D eigenvalue weighted by Gasteiger charge is -2.17. The molecule has 2 N–H and O–H groups in total. The molecule has 0 aliphatic rings. The number of carbonyl (C=O) groups excluding carboxylic acids is 1. The quantitative estimate of drug-likeness (QED) is 0.578. The largest absolute Gasteiger partial charge is 0.396 e. The predicted octanol–water partition coefficient (Wildman–Crippen LogP) is 1.00. The first kappa shape index (κ1) is 16.9. The van der Waals surface area contributed by atoms with Gasteiger partial charge in [0.2, 0.25) is 5.82 Å². The molecule has 116 valence electrons. The molecule has 0 saturated heterocycles. The first-order valence-corrected chi connectivity index (χ1v) is 5.94. The molecule has 0 saturated carbocycles. The van der Waals surface area contributed by atoms with Crippen molar-refractivity contribution < 1.29 is 28.3 Å². The van der Waals surface area contributed by atoms with Crippen LogP contribution in [0, 0.1) is 21.7 Å². The molecule has 0 heterocycles. The maximum Gasteiger partial charge on any atom is 0.307 e. The molecule has 0 aromatic heterocycles. The van der Waals surface area contributed by atoms with E-state index < -0.39 is 39.8 Å². The number of carbonyl (C=O) groups is 1. The number of amides is 1. The van der Waals surface area contributed by atoms with Crippen LogP contribution in [0.25, 0.3) is 0 Å². The van der Waals surface area contributed by atoms with Gasteiger partial charge in [0.25, 0.3) is 5.91 Å². The number of nitro groups is 1. The number of aliphatic hydroxyl groups is 1. The van der Waals surface area contributed by atoms with Gasteiger partial charge in [-0.3, -0.25) is 14.9 Å². The molecule has 0 bridgehead atoms. The van der Waals surface area contributed by atoms with Crippen LogP contribution in [-0.2, 0) is 4.74 Å². The van der Waals surface area contributed by atoms with Crippen LogP contribution in [0.4, 0.5) is 14.5 Å². The van der Waals surface area contributed by atoms with Gasteiger partial charge < -0.3 is 15.2 Å². The number of nitro benzene ring substituents is 1. The highest BCUT2D eigenvalue weighted by Crippen LogP contribution is 2.21. The zero-order valence-corrected chi connectivity index (χ0v) is 11.1. The SMILES string of the molecule is COCC(CCO)NC(=O)c1cc(F)c([N+](=O)[O-])cc1F. The molecular formula is C12H14F2N2O5. The van der Waals surface area contributed by atoms with Gasteiger partial charge in [0, 0.05) is 13.7 Å². The summed E-state index contributed by atoms with van der Waals surface area (Å²) in [6, 6.07) is 0.220. The van der Waals surface area contributed by atoms with E-state index in [-0.39, 0.29) is 19.6 Å². The number of hydrogen-bond donors (Lipinski definition) is 2. The molecule has 9 heteroatoms. The van der Waals surface area contributed by atoms with E-state index in [0.717, 1.165) is 0 Å². The fourth-order valence-corrected chi connectivity index (χ4v) is 1.67. The van der Waals surface area contributed by atoms with E-state index in [0.29, 0.717) is 12.1 Å². The van der Waals surface area contributed by atoms with Gasteiger partial charge in [-0.1, -0.05) is 0 Å². The fraction of sp³-hybridized carbons (Fsp3) is 0.417.